The molecule has 2 unspecified atom stereocenters. The van der Waals surface area contributed by atoms with Crippen molar-refractivity contribution in [2.45, 2.75) is 51.5 Å². The summed E-state index contributed by atoms with van der Waals surface area (Å²) in [4.78, 5) is 3.86. The highest BCUT2D eigenvalue weighted by Crippen LogP contribution is 2.37. The summed E-state index contributed by atoms with van der Waals surface area (Å²) in [5, 5.41) is 0. The molecule has 1 aliphatic carbocycles. The van der Waals surface area contributed by atoms with E-state index < -0.39 is 5.54 Å². The minimum absolute atomic E-state index is 0.318. The fourth-order valence-corrected chi connectivity index (χ4v) is 2.40. The van der Waals surface area contributed by atoms with Gasteiger partial charge in [0.15, 0.2) is 0 Å². The highest BCUT2D eigenvalue weighted by Gasteiger charge is 2.38. The van der Waals surface area contributed by atoms with Gasteiger partial charge in [0.1, 0.15) is 0 Å². The zero-order valence-electron chi connectivity index (χ0n) is 11.4. The topological polar surface area (TPSA) is 4.36 Å². The van der Waals surface area contributed by atoms with Crippen molar-refractivity contribution in [1.82, 2.24) is 0 Å². The van der Waals surface area contributed by atoms with Crippen molar-refractivity contribution in [3.05, 3.63) is 41.5 Å². The molecule has 0 spiro atoms. The van der Waals surface area contributed by atoms with Crippen molar-refractivity contribution < 1.29 is 0 Å². The molecule has 0 aliphatic heterocycles. The van der Waals surface area contributed by atoms with Crippen molar-refractivity contribution in [3.63, 3.8) is 0 Å². The SMILES string of the molecule is [C-]#[N+]C(C)(CC#CCC)C1=CCCCC1C=C=C. The molecule has 1 nitrogen and oxygen atoms in total. The predicted molar refractivity (Wildman–Crippen MR) is 76.8 cm³/mol. The van der Waals surface area contributed by atoms with E-state index in [-0.39, 0.29) is 0 Å². The van der Waals surface area contributed by atoms with Gasteiger partial charge in [0.2, 0.25) is 0 Å². The number of allylic oxidation sites excluding steroid dienone is 2. The summed E-state index contributed by atoms with van der Waals surface area (Å²) in [5.41, 5.74) is 3.60. The van der Waals surface area contributed by atoms with Gasteiger partial charge in [-0.3, -0.25) is 0 Å². The van der Waals surface area contributed by atoms with Gasteiger partial charge in [-0.05, 0) is 25.3 Å². The molecule has 0 bridgehead atoms. The highest BCUT2D eigenvalue weighted by molar-refractivity contribution is 5.33. The van der Waals surface area contributed by atoms with Crippen molar-refractivity contribution in [3.8, 4) is 11.8 Å². The molecule has 1 rings (SSSR count). The molecule has 0 saturated heterocycles. The number of nitrogens with zero attached hydrogens (tertiary/aromatic N) is 1. The molecular formula is C17H21N. The minimum atomic E-state index is -0.486. The van der Waals surface area contributed by atoms with Crippen LogP contribution in [0, 0.1) is 24.3 Å². The molecule has 1 aliphatic rings. The van der Waals surface area contributed by atoms with E-state index in [4.69, 9.17) is 6.57 Å². The van der Waals surface area contributed by atoms with Crippen LogP contribution >= 0.6 is 0 Å². The summed E-state index contributed by atoms with van der Waals surface area (Å²) in [6, 6.07) is 0. The third-order valence-electron chi connectivity index (χ3n) is 3.41. The Kier molecular flexibility index (Phi) is 5.51. The quantitative estimate of drug-likeness (QED) is 0.295. The predicted octanol–water partition coefficient (Wildman–Crippen LogP) is 4.54. The molecule has 2 atom stereocenters. The van der Waals surface area contributed by atoms with Crippen LogP contribution in [0.4, 0.5) is 0 Å². The molecule has 0 radical (unpaired) electrons. The summed E-state index contributed by atoms with van der Waals surface area (Å²) in [5.74, 6) is 6.52. The highest BCUT2D eigenvalue weighted by atomic mass is 14.8. The Morgan fingerprint density at radius 3 is 3.00 bits per heavy atom. The van der Waals surface area contributed by atoms with Crippen LogP contribution in [0.2, 0.25) is 0 Å². The lowest BCUT2D eigenvalue weighted by Crippen LogP contribution is -2.28. The third-order valence-corrected chi connectivity index (χ3v) is 3.41. The lowest BCUT2D eigenvalue weighted by molar-refractivity contribution is 0.509. The average molecular weight is 239 g/mol. The maximum absolute atomic E-state index is 7.52. The van der Waals surface area contributed by atoms with E-state index in [1.807, 2.05) is 19.9 Å². The molecule has 0 amide bonds. The van der Waals surface area contributed by atoms with Crippen LogP contribution in [0.25, 0.3) is 4.85 Å². The summed E-state index contributed by atoms with van der Waals surface area (Å²) < 4.78 is 0. The first-order valence-corrected chi connectivity index (χ1v) is 6.58. The van der Waals surface area contributed by atoms with Gasteiger partial charge in [0, 0.05) is 24.8 Å². The number of hydrogen-bond donors (Lipinski definition) is 0. The number of rotatable bonds is 3. The Labute approximate surface area is 111 Å². The normalized spacial score (nSPS) is 21.4. The monoisotopic (exact) mass is 239 g/mol. The molecule has 0 fully saturated rings. The van der Waals surface area contributed by atoms with Crippen molar-refractivity contribution in [2.24, 2.45) is 5.92 Å². The van der Waals surface area contributed by atoms with Gasteiger partial charge >= 0.3 is 0 Å². The first kappa shape index (κ1) is 14.4. The van der Waals surface area contributed by atoms with Crippen LogP contribution in [0.3, 0.4) is 0 Å². The smallest absolute Gasteiger partial charge is 0.262 e. The fourth-order valence-electron chi connectivity index (χ4n) is 2.40. The second kappa shape index (κ2) is 6.90. The first-order valence-electron chi connectivity index (χ1n) is 6.58. The molecule has 0 aromatic rings. The molecular weight excluding hydrogens is 218 g/mol. The van der Waals surface area contributed by atoms with E-state index in [0.29, 0.717) is 12.3 Å². The molecule has 0 heterocycles. The maximum atomic E-state index is 7.52. The van der Waals surface area contributed by atoms with E-state index in [9.17, 15) is 0 Å². The molecule has 0 aromatic heterocycles. The molecule has 94 valence electrons. The van der Waals surface area contributed by atoms with Gasteiger partial charge < -0.3 is 4.85 Å². The van der Waals surface area contributed by atoms with E-state index in [2.05, 4.69) is 35.1 Å². The van der Waals surface area contributed by atoms with Gasteiger partial charge in [0.25, 0.3) is 5.54 Å². The third kappa shape index (κ3) is 3.40. The number of hydrogen-bond acceptors (Lipinski definition) is 0. The molecule has 1 heteroatoms. The maximum Gasteiger partial charge on any atom is 0.262 e. The molecule has 0 saturated carbocycles. The average Bonchev–Trinajstić information content (AvgIpc) is 2.40. The van der Waals surface area contributed by atoms with Gasteiger partial charge in [-0.1, -0.05) is 25.5 Å². The summed E-state index contributed by atoms with van der Waals surface area (Å²) in [6.45, 7) is 15.2. The second-order valence-corrected chi connectivity index (χ2v) is 4.84. The van der Waals surface area contributed by atoms with Crippen LogP contribution in [-0.4, -0.2) is 5.54 Å². The minimum Gasteiger partial charge on any atom is -0.305 e. The summed E-state index contributed by atoms with van der Waals surface area (Å²) >= 11 is 0. The molecule has 18 heavy (non-hydrogen) atoms. The van der Waals surface area contributed by atoms with Crippen molar-refractivity contribution in [1.29, 1.82) is 0 Å². The van der Waals surface area contributed by atoms with Crippen LogP contribution in [0.5, 0.6) is 0 Å². The van der Waals surface area contributed by atoms with Gasteiger partial charge in [-0.25, -0.2) is 6.57 Å². The van der Waals surface area contributed by atoms with Crippen LogP contribution in [0.15, 0.2) is 30.0 Å². The summed E-state index contributed by atoms with van der Waals surface area (Å²) in [7, 11) is 0. The van der Waals surface area contributed by atoms with E-state index >= 15 is 0 Å². The Morgan fingerprint density at radius 1 is 1.61 bits per heavy atom. The van der Waals surface area contributed by atoms with Crippen LogP contribution in [-0.2, 0) is 0 Å². The largest absolute Gasteiger partial charge is 0.305 e. The molecule has 0 N–H and O–H groups in total. The van der Waals surface area contributed by atoms with Crippen molar-refractivity contribution in [2.75, 3.05) is 0 Å². The van der Waals surface area contributed by atoms with Gasteiger partial charge in [-0.15, -0.1) is 11.7 Å². The van der Waals surface area contributed by atoms with Crippen LogP contribution in [0.1, 0.15) is 46.0 Å². The van der Waals surface area contributed by atoms with Crippen molar-refractivity contribution >= 4 is 0 Å². The standard InChI is InChI=1S/C17H21N/c1-5-7-10-14-17(3,18-4)16-13-9-8-12-15(16)11-6-2/h11,13,15H,2,5,8-9,12,14H2,1,3H3. The van der Waals surface area contributed by atoms with Crippen LogP contribution < -0.4 is 0 Å². The van der Waals surface area contributed by atoms with E-state index in [0.717, 1.165) is 19.3 Å². The lowest BCUT2D eigenvalue weighted by atomic mass is 9.75. The Morgan fingerprint density at radius 2 is 2.39 bits per heavy atom. The Hall–Kier alpha value is -1.69. The summed E-state index contributed by atoms with van der Waals surface area (Å²) in [6.07, 6.45) is 9.06. The first-order chi connectivity index (χ1) is 8.68. The second-order valence-electron chi connectivity index (χ2n) is 4.84. The van der Waals surface area contributed by atoms with E-state index in [1.165, 1.54) is 12.0 Å². The zero-order valence-corrected chi connectivity index (χ0v) is 11.4. The Balaban J connectivity index is 3.01. The van der Waals surface area contributed by atoms with Gasteiger partial charge in [0.05, 0.1) is 6.42 Å². The van der Waals surface area contributed by atoms with Gasteiger partial charge in [-0.2, -0.15) is 0 Å². The molecule has 0 aromatic carbocycles. The zero-order chi connectivity index (χ0) is 13.4. The Bertz CT molecular complexity index is 460. The van der Waals surface area contributed by atoms with E-state index in [1.54, 1.807) is 0 Å². The lowest BCUT2D eigenvalue weighted by Gasteiger charge is -2.27. The fraction of sp³-hybridized carbons (Fsp3) is 0.529.